The molecular formula is C59H106O6. The Hall–Kier alpha value is -2.63. The molecule has 0 aliphatic heterocycles. The van der Waals surface area contributed by atoms with Gasteiger partial charge in [0.05, 0.1) is 0 Å². The highest BCUT2D eigenvalue weighted by atomic mass is 16.6. The lowest BCUT2D eigenvalue weighted by Crippen LogP contribution is -2.30. The van der Waals surface area contributed by atoms with Crippen LogP contribution in [0.2, 0.25) is 0 Å². The molecule has 1 unspecified atom stereocenters. The quantitative estimate of drug-likeness (QED) is 0.0262. The second kappa shape index (κ2) is 54.0. The predicted octanol–water partition coefficient (Wildman–Crippen LogP) is 18.7. The minimum atomic E-state index is -0.781. The van der Waals surface area contributed by atoms with Gasteiger partial charge in [-0.3, -0.25) is 14.4 Å². The minimum Gasteiger partial charge on any atom is -0.462 e. The number of carbonyl (C=O) groups excluding carboxylic acids is 3. The van der Waals surface area contributed by atoms with Crippen LogP contribution in [0.25, 0.3) is 0 Å². The number of esters is 3. The Labute approximate surface area is 403 Å². The Morgan fingerprint density at radius 2 is 0.554 bits per heavy atom. The van der Waals surface area contributed by atoms with Gasteiger partial charge < -0.3 is 14.2 Å². The molecule has 0 aliphatic rings. The van der Waals surface area contributed by atoms with Crippen LogP contribution in [-0.4, -0.2) is 37.2 Å². The van der Waals surface area contributed by atoms with E-state index in [0.717, 1.165) is 83.5 Å². The summed E-state index contributed by atoms with van der Waals surface area (Å²) < 4.78 is 16.8. The van der Waals surface area contributed by atoms with E-state index in [9.17, 15) is 14.4 Å². The lowest BCUT2D eigenvalue weighted by Gasteiger charge is -2.18. The van der Waals surface area contributed by atoms with Crippen molar-refractivity contribution in [1.29, 1.82) is 0 Å². The minimum absolute atomic E-state index is 0.0801. The molecule has 0 aromatic rings. The maximum absolute atomic E-state index is 12.8. The second-order valence-corrected chi connectivity index (χ2v) is 18.8. The molecular weight excluding hydrogens is 805 g/mol. The van der Waals surface area contributed by atoms with Gasteiger partial charge >= 0.3 is 17.9 Å². The summed E-state index contributed by atoms with van der Waals surface area (Å²) in [4.78, 5) is 38.0. The molecule has 0 saturated heterocycles. The first kappa shape index (κ1) is 62.4. The van der Waals surface area contributed by atoms with Crippen LogP contribution < -0.4 is 0 Å². The Kier molecular flexibility index (Phi) is 51.8. The van der Waals surface area contributed by atoms with Crippen LogP contribution in [0, 0.1) is 0 Å². The van der Waals surface area contributed by atoms with E-state index in [1.807, 2.05) is 0 Å². The SMILES string of the molecule is CCCCC/C=C\CCCCCCCC(=O)OCC(COC(=O)CCCCCCCCCCC/C=C\C/C=C\CCCCCCC)OC(=O)CCCCCCC/C=C\CCCCCCC. The van der Waals surface area contributed by atoms with Crippen molar-refractivity contribution in [3.63, 3.8) is 0 Å². The zero-order valence-electron chi connectivity index (χ0n) is 43.3. The monoisotopic (exact) mass is 911 g/mol. The fraction of sp³-hybridized carbons (Fsp3) is 0.814. The van der Waals surface area contributed by atoms with E-state index in [0.29, 0.717) is 19.3 Å². The average Bonchev–Trinajstić information content (AvgIpc) is 3.30. The molecule has 0 amide bonds. The molecule has 0 saturated carbocycles. The normalized spacial score (nSPS) is 12.4. The largest absolute Gasteiger partial charge is 0.462 e. The number of rotatable bonds is 51. The molecule has 0 rings (SSSR count). The average molecular weight is 911 g/mol. The predicted molar refractivity (Wildman–Crippen MR) is 279 cm³/mol. The summed E-state index contributed by atoms with van der Waals surface area (Å²) in [6, 6.07) is 0. The molecule has 0 heterocycles. The van der Waals surface area contributed by atoms with E-state index in [-0.39, 0.29) is 31.1 Å². The molecule has 0 fully saturated rings. The Morgan fingerprint density at radius 1 is 0.308 bits per heavy atom. The summed E-state index contributed by atoms with van der Waals surface area (Å²) >= 11 is 0. The second-order valence-electron chi connectivity index (χ2n) is 18.8. The van der Waals surface area contributed by atoms with E-state index in [2.05, 4.69) is 69.4 Å². The topological polar surface area (TPSA) is 78.9 Å². The lowest BCUT2D eigenvalue weighted by molar-refractivity contribution is -0.167. The molecule has 0 aliphatic carbocycles. The van der Waals surface area contributed by atoms with Gasteiger partial charge in [-0.25, -0.2) is 0 Å². The van der Waals surface area contributed by atoms with E-state index in [4.69, 9.17) is 14.2 Å². The van der Waals surface area contributed by atoms with Crippen LogP contribution in [0.3, 0.4) is 0 Å². The zero-order valence-corrected chi connectivity index (χ0v) is 43.3. The third-order valence-electron chi connectivity index (χ3n) is 12.3. The third-order valence-corrected chi connectivity index (χ3v) is 12.3. The van der Waals surface area contributed by atoms with Crippen molar-refractivity contribution < 1.29 is 28.6 Å². The van der Waals surface area contributed by atoms with Crippen LogP contribution in [-0.2, 0) is 28.6 Å². The number of ether oxygens (including phenoxy) is 3. The van der Waals surface area contributed by atoms with Gasteiger partial charge in [-0.15, -0.1) is 0 Å². The standard InChI is InChI=1S/C59H106O6/c1-4-7-10-13-16-19-22-25-27-28-29-30-31-32-33-35-37-40-43-46-49-52-58(61)64-55-56(54-63-57(60)51-48-45-42-39-36-24-21-18-15-12-9-6-3)65-59(62)53-50-47-44-41-38-34-26-23-20-17-14-11-8-5-2/h18,21-23,25-26,28-29,56H,4-17,19-20,24,27,30-55H2,1-3H3/b21-18-,25-22-,26-23-,29-28-. The molecule has 0 radical (unpaired) electrons. The highest BCUT2D eigenvalue weighted by Gasteiger charge is 2.19. The number of hydrogen-bond acceptors (Lipinski definition) is 6. The summed E-state index contributed by atoms with van der Waals surface area (Å²) in [7, 11) is 0. The van der Waals surface area contributed by atoms with Crippen molar-refractivity contribution in [3.05, 3.63) is 48.6 Å². The highest BCUT2D eigenvalue weighted by Crippen LogP contribution is 2.15. The zero-order chi connectivity index (χ0) is 47.2. The van der Waals surface area contributed by atoms with Crippen LogP contribution in [0.1, 0.15) is 290 Å². The first-order valence-corrected chi connectivity index (χ1v) is 28.1. The highest BCUT2D eigenvalue weighted by molar-refractivity contribution is 5.71. The molecule has 0 N–H and O–H groups in total. The summed E-state index contributed by atoms with van der Waals surface area (Å²) in [5, 5.41) is 0. The molecule has 1 atom stereocenters. The summed E-state index contributed by atoms with van der Waals surface area (Å²) in [5.41, 5.74) is 0. The molecule has 6 nitrogen and oxygen atoms in total. The Morgan fingerprint density at radius 3 is 0.892 bits per heavy atom. The van der Waals surface area contributed by atoms with E-state index >= 15 is 0 Å². The van der Waals surface area contributed by atoms with Crippen molar-refractivity contribution in [2.75, 3.05) is 13.2 Å². The smallest absolute Gasteiger partial charge is 0.306 e. The summed E-state index contributed by atoms with van der Waals surface area (Å²) in [6.07, 6.45) is 65.3. The van der Waals surface area contributed by atoms with Crippen LogP contribution >= 0.6 is 0 Å². The van der Waals surface area contributed by atoms with Crippen molar-refractivity contribution in [2.24, 2.45) is 0 Å². The fourth-order valence-corrected chi connectivity index (χ4v) is 7.99. The number of hydrogen-bond donors (Lipinski definition) is 0. The van der Waals surface area contributed by atoms with Gasteiger partial charge in [0.15, 0.2) is 6.10 Å². The third kappa shape index (κ3) is 52.2. The lowest BCUT2D eigenvalue weighted by atomic mass is 10.1. The molecule has 0 aromatic heterocycles. The van der Waals surface area contributed by atoms with Crippen LogP contribution in [0.15, 0.2) is 48.6 Å². The maximum Gasteiger partial charge on any atom is 0.306 e. The van der Waals surface area contributed by atoms with Gasteiger partial charge in [0, 0.05) is 19.3 Å². The maximum atomic E-state index is 12.8. The molecule has 6 heteroatoms. The van der Waals surface area contributed by atoms with Crippen LogP contribution in [0.4, 0.5) is 0 Å². The first-order chi connectivity index (χ1) is 32.0. The van der Waals surface area contributed by atoms with Crippen molar-refractivity contribution in [1.82, 2.24) is 0 Å². The van der Waals surface area contributed by atoms with Gasteiger partial charge in [0.2, 0.25) is 0 Å². The van der Waals surface area contributed by atoms with Gasteiger partial charge in [0.25, 0.3) is 0 Å². The van der Waals surface area contributed by atoms with Gasteiger partial charge in [-0.2, -0.15) is 0 Å². The summed E-state index contributed by atoms with van der Waals surface area (Å²) in [6.45, 7) is 6.60. The van der Waals surface area contributed by atoms with E-state index < -0.39 is 6.10 Å². The molecule has 378 valence electrons. The van der Waals surface area contributed by atoms with E-state index in [1.165, 1.54) is 167 Å². The van der Waals surface area contributed by atoms with E-state index in [1.54, 1.807) is 0 Å². The molecule has 0 bridgehead atoms. The first-order valence-electron chi connectivity index (χ1n) is 28.1. The number of carbonyl (C=O) groups is 3. The van der Waals surface area contributed by atoms with Gasteiger partial charge in [0.1, 0.15) is 13.2 Å². The van der Waals surface area contributed by atoms with Crippen LogP contribution in [0.5, 0.6) is 0 Å². The van der Waals surface area contributed by atoms with Crippen molar-refractivity contribution in [2.45, 2.75) is 297 Å². The molecule has 65 heavy (non-hydrogen) atoms. The van der Waals surface area contributed by atoms with Crippen molar-refractivity contribution in [3.8, 4) is 0 Å². The van der Waals surface area contributed by atoms with Gasteiger partial charge in [-0.05, 0) is 103 Å². The Balaban J connectivity index is 4.32. The molecule has 0 spiro atoms. The molecule has 0 aromatic carbocycles. The fourth-order valence-electron chi connectivity index (χ4n) is 7.99. The number of allylic oxidation sites excluding steroid dienone is 8. The number of unbranched alkanes of at least 4 members (excludes halogenated alkanes) is 32. The summed E-state index contributed by atoms with van der Waals surface area (Å²) in [5.74, 6) is -0.892. The van der Waals surface area contributed by atoms with Crippen molar-refractivity contribution >= 4 is 17.9 Å². The Bertz CT molecular complexity index is 1140. The van der Waals surface area contributed by atoms with Gasteiger partial charge in [-0.1, -0.05) is 217 Å².